The van der Waals surface area contributed by atoms with Crippen molar-refractivity contribution in [2.45, 2.75) is 19.5 Å². The van der Waals surface area contributed by atoms with Crippen molar-refractivity contribution in [2.75, 3.05) is 13.7 Å². The van der Waals surface area contributed by atoms with E-state index in [4.69, 9.17) is 27.9 Å². The van der Waals surface area contributed by atoms with Crippen molar-refractivity contribution in [3.63, 3.8) is 0 Å². The Morgan fingerprint density at radius 3 is 2.55 bits per heavy atom. The number of nitrogens with one attached hydrogen (secondary N) is 1. The van der Waals surface area contributed by atoms with Gasteiger partial charge < -0.3 is 15.0 Å². The molecule has 162 valence electrons. The number of hydrogen-bond donors (Lipinski definition) is 1. The summed E-state index contributed by atoms with van der Waals surface area (Å²) in [6, 6.07) is 16.0. The molecule has 0 saturated carbocycles. The summed E-state index contributed by atoms with van der Waals surface area (Å²) in [5, 5.41) is 5.43. The maximum absolute atomic E-state index is 13.1. The average molecular weight is 524 g/mol. The molecule has 0 radical (unpaired) electrons. The molecule has 1 N–H and O–H groups in total. The van der Waals surface area contributed by atoms with Crippen LogP contribution in [0.25, 0.3) is 10.8 Å². The third-order valence-corrected chi connectivity index (χ3v) is 6.49. The van der Waals surface area contributed by atoms with E-state index in [0.717, 1.165) is 20.8 Å². The van der Waals surface area contributed by atoms with Crippen LogP contribution in [-0.2, 0) is 16.1 Å². The van der Waals surface area contributed by atoms with Gasteiger partial charge in [-0.15, -0.1) is 0 Å². The number of carbonyl (C=O) groups excluding carboxylic acids is 2. The Morgan fingerprint density at radius 1 is 1.10 bits per heavy atom. The van der Waals surface area contributed by atoms with Crippen molar-refractivity contribution >= 4 is 61.7 Å². The van der Waals surface area contributed by atoms with E-state index in [0.29, 0.717) is 15.8 Å². The maximum Gasteiger partial charge on any atom is 0.261 e. The van der Waals surface area contributed by atoms with Gasteiger partial charge in [-0.05, 0) is 57.4 Å². The van der Waals surface area contributed by atoms with Gasteiger partial charge in [-0.2, -0.15) is 0 Å². The van der Waals surface area contributed by atoms with Gasteiger partial charge in [0.05, 0.1) is 14.5 Å². The molecule has 1 atom stereocenters. The largest absolute Gasteiger partial charge is 0.483 e. The zero-order chi connectivity index (χ0) is 22.5. The van der Waals surface area contributed by atoms with E-state index in [1.165, 1.54) is 11.9 Å². The van der Waals surface area contributed by atoms with Crippen molar-refractivity contribution in [1.82, 2.24) is 10.2 Å². The third kappa shape index (κ3) is 5.50. The number of rotatable bonds is 7. The Labute approximate surface area is 199 Å². The molecule has 3 aromatic rings. The van der Waals surface area contributed by atoms with Crippen molar-refractivity contribution in [3.05, 3.63) is 74.7 Å². The molecule has 2 amide bonds. The van der Waals surface area contributed by atoms with Gasteiger partial charge in [-0.25, -0.2) is 0 Å². The molecular formula is C23H21BrCl2N2O3. The molecular weight excluding hydrogens is 503 g/mol. The number of carbonyl (C=O) groups is 2. The van der Waals surface area contributed by atoms with Gasteiger partial charge in [0, 0.05) is 13.6 Å². The van der Waals surface area contributed by atoms with E-state index in [1.54, 1.807) is 25.1 Å². The van der Waals surface area contributed by atoms with E-state index in [9.17, 15) is 9.59 Å². The molecule has 0 fully saturated rings. The van der Waals surface area contributed by atoms with Crippen LogP contribution < -0.4 is 10.1 Å². The number of benzene rings is 3. The van der Waals surface area contributed by atoms with Crippen LogP contribution in [0, 0.1) is 0 Å². The van der Waals surface area contributed by atoms with Crippen molar-refractivity contribution in [2.24, 2.45) is 0 Å². The summed E-state index contributed by atoms with van der Waals surface area (Å²) in [7, 11) is 1.53. The third-order valence-electron chi connectivity index (χ3n) is 4.93. The van der Waals surface area contributed by atoms with Crippen molar-refractivity contribution < 1.29 is 14.3 Å². The summed E-state index contributed by atoms with van der Waals surface area (Å²) in [5.41, 5.74) is 0.755. The standard InChI is InChI=1S/C23H21BrCl2N2O3/c1-14(23(30)27-2)28(12-15-7-9-18(25)19(26)11-15)21(29)13-31-20-10-8-16-5-3-4-6-17(16)22(20)24/h3-11,14H,12-13H2,1-2H3,(H,27,30)/t14-/m1/s1. The highest BCUT2D eigenvalue weighted by Crippen LogP contribution is 2.33. The molecule has 0 spiro atoms. The highest BCUT2D eigenvalue weighted by atomic mass is 79.9. The summed E-state index contributed by atoms with van der Waals surface area (Å²) in [6.07, 6.45) is 0. The maximum atomic E-state index is 13.1. The molecule has 3 aromatic carbocycles. The van der Waals surface area contributed by atoms with Crippen LogP contribution in [0.4, 0.5) is 0 Å². The fraction of sp³-hybridized carbons (Fsp3) is 0.217. The monoisotopic (exact) mass is 522 g/mol. The number of amides is 2. The van der Waals surface area contributed by atoms with Gasteiger partial charge in [0.2, 0.25) is 5.91 Å². The van der Waals surface area contributed by atoms with Crippen LogP contribution in [0.15, 0.2) is 59.1 Å². The SMILES string of the molecule is CNC(=O)[C@@H](C)N(Cc1ccc(Cl)c(Cl)c1)C(=O)COc1ccc2ccccc2c1Br. The molecule has 0 aliphatic heterocycles. The summed E-state index contributed by atoms with van der Waals surface area (Å²) in [5.74, 6) is -0.0586. The minimum Gasteiger partial charge on any atom is -0.483 e. The van der Waals surface area contributed by atoms with Gasteiger partial charge >= 0.3 is 0 Å². The van der Waals surface area contributed by atoms with E-state index in [2.05, 4.69) is 21.2 Å². The fourth-order valence-electron chi connectivity index (χ4n) is 3.17. The lowest BCUT2D eigenvalue weighted by atomic mass is 10.1. The van der Waals surface area contributed by atoms with Gasteiger partial charge in [0.25, 0.3) is 5.91 Å². The Morgan fingerprint density at radius 2 is 1.84 bits per heavy atom. The highest BCUT2D eigenvalue weighted by Gasteiger charge is 2.26. The molecule has 3 rings (SSSR count). The minimum absolute atomic E-state index is 0.187. The first-order chi connectivity index (χ1) is 14.8. The molecule has 5 nitrogen and oxygen atoms in total. The van der Waals surface area contributed by atoms with E-state index in [-0.39, 0.29) is 25.0 Å². The fourth-order valence-corrected chi connectivity index (χ4v) is 4.10. The summed E-state index contributed by atoms with van der Waals surface area (Å²) in [6.45, 7) is 1.63. The number of ether oxygens (including phenoxy) is 1. The Balaban J connectivity index is 1.80. The van der Waals surface area contributed by atoms with Crippen molar-refractivity contribution in [1.29, 1.82) is 0 Å². The van der Waals surface area contributed by atoms with Crippen molar-refractivity contribution in [3.8, 4) is 5.75 Å². The Hall–Kier alpha value is -2.28. The summed E-state index contributed by atoms with van der Waals surface area (Å²) < 4.78 is 6.59. The molecule has 0 aliphatic carbocycles. The second-order valence-electron chi connectivity index (χ2n) is 6.95. The first-order valence-electron chi connectivity index (χ1n) is 9.57. The molecule has 0 aromatic heterocycles. The number of hydrogen-bond acceptors (Lipinski definition) is 3. The van der Waals surface area contributed by atoms with E-state index in [1.807, 2.05) is 36.4 Å². The molecule has 8 heteroatoms. The zero-order valence-electron chi connectivity index (χ0n) is 17.0. The summed E-state index contributed by atoms with van der Waals surface area (Å²) in [4.78, 5) is 26.8. The lowest BCUT2D eigenvalue weighted by molar-refractivity contribution is -0.142. The predicted octanol–water partition coefficient (Wildman–Crippen LogP) is 5.45. The van der Waals surface area contributed by atoms with Crippen LogP contribution in [0.5, 0.6) is 5.75 Å². The van der Waals surface area contributed by atoms with Crippen LogP contribution in [-0.4, -0.2) is 36.4 Å². The first kappa shape index (κ1) is 23.4. The Kier molecular flexibility index (Phi) is 7.81. The number of likely N-dealkylation sites (N-methyl/N-ethyl adjacent to an activating group) is 1. The van der Waals surface area contributed by atoms with Crippen LogP contribution in [0.1, 0.15) is 12.5 Å². The minimum atomic E-state index is -0.699. The molecule has 0 saturated heterocycles. The lowest BCUT2D eigenvalue weighted by Crippen LogP contribution is -2.48. The summed E-state index contributed by atoms with van der Waals surface area (Å²) >= 11 is 15.7. The van der Waals surface area contributed by atoms with E-state index >= 15 is 0 Å². The number of nitrogens with zero attached hydrogens (tertiary/aromatic N) is 1. The van der Waals surface area contributed by atoms with Crippen LogP contribution in [0.2, 0.25) is 10.0 Å². The second-order valence-corrected chi connectivity index (χ2v) is 8.56. The molecule has 31 heavy (non-hydrogen) atoms. The van der Waals surface area contributed by atoms with Gasteiger partial charge in [0.1, 0.15) is 11.8 Å². The zero-order valence-corrected chi connectivity index (χ0v) is 20.1. The first-order valence-corrected chi connectivity index (χ1v) is 11.1. The quantitative estimate of drug-likeness (QED) is 0.448. The van der Waals surface area contributed by atoms with Crippen LogP contribution in [0.3, 0.4) is 0 Å². The smallest absolute Gasteiger partial charge is 0.261 e. The normalized spacial score (nSPS) is 11.8. The molecule has 0 aliphatic rings. The predicted molar refractivity (Wildman–Crippen MR) is 128 cm³/mol. The lowest BCUT2D eigenvalue weighted by Gasteiger charge is -2.28. The van der Waals surface area contributed by atoms with Gasteiger partial charge in [0.15, 0.2) is 6.61 Å². The van der Waals surface area contributed by atoms with E-state index < -0.39 is 6.04 Å². The van der Waals surface area contributed by atoms with Gasteiger partial charge in [-0.1, -0.05) is 59.6 Å². The van der Waals surface area contributed by atoms with Gasteiger partial charge in [-0.3, -0.25) is 9.59 Å². The topological polar surface area (TPSA) is 58.6 Å². The molecule has 0 bridgehead atoms. The average Bonchev–Trinajstić information content (AvgIpc) is 2.78. The number of fused-ring (bicyclic) bond motifs is 1. The van der Waals surface area contributed by atoms with Crippen LogP contribution >= 0.6 is 39.1 Å². The number of halogens is 3. The molecule has 0 unspecified atom stereocenters. The molecule has 0 heterocycles. The highest BCUT2D eigenvalue weighted by molar-refractivity contribution is 9.10. The second kappa shape index (κ2) is 10.4. The Bertz CT molecular complexity index is 1120.